The van der Waals surface area contributed by atoms with Crippen molar-refractivity contribution >= 4 is 27.2 Å². The van der Waals surface area contributed by atoms with E-state index >= 15 is 0 Å². The molecule has 3 N–H and O–H groups in total. The van der Waals surface area contributed by atoms with Gasteiger partial charge in [-0.05, 0) is 25.0 Å². The zero-order valence-electron chi connectivity index (χ0n) is 12.6. The van der Waals surface area contributed by atoms with E-state index in [4.69, 9.17) is 18.0 Å². The van der Waals surface area contributed by atoms with Crippen molar-refractivity contribution in [1.29, 1.82) is 0 Å². The molecule has 0 aliphatic rings. The van der Waals surface area contributed by atoms with E-state index in [1.54, 1.807) is 24.3 Å². The fourth-order valence-corrected chi connectivity index (χ4v) is 3.70. The summed E-state index contributed by atoms with van der Waals surface area (Å²) < 4.78 is 27.0. The molecule has 1 unspecified atom stereocenters. The summed E-state index contributed by atoms with van der Waals surface area (Å²) >= 11 is 4.90. The lowest BCUT2D eigenvalue weighted by molar-refractivity contribution is 0.526. The van der Waals surface area contributed by atoms with Crippen LogP contribution >= 0.6 is 12.2 Å². The highest BCUT2D eigenvalue weighted by Crippen LogP contribution is 2.10. The number of unbranched alkanes of at least 4 members (excludes halogenated alkanes) is 2. The van der Waals surface area contributed by atoms with Crippen molar-refractivity contribution in [3.05, 3.63) is 35.4 Å². The topological polar surface area (TPSA) is 72.2 Å². The zero-order chi connectivity index (χ0) is 15.9. The maximum atomic E-state index is 12.1. The van der Waals surface area contributed by atoms with E-state index in [0.29, 0.717) is 11.1 Å². The second-order valence-corrected chi connectivity index (χ2v) is 7.53. The van der Waals surface area contributed by atoms with E-state index in [2.05, 4.69) is 11.6 Å². The fourth-order valence-electron chi connectivity index (χ4n) is 2.14. The highest BCUT2D eigenvalue weighted by atomic mass is 32.2. The molecule has 4 nitrogen and oxygen atoms in total. The highest BCUT2D eigenvalue weighted by Gasteiger charge is 2.15. The molecule has 1 atom stereocenters. The molecule has 0 saturated carbocycles. The predicted molar refractivity (Wildman–Crippen MR) is 91.7 cm³/mol. The molecule has 0 radical (unpaired) electrons. The lowest BCUT2D eigenvalue weighted by Gasteiger charge is -2.14. The molecule has 1 rings (SSSR count). The Morgan fingerprint density at radius 2 is 2.10 bits per heavy atom. The van der Waals surface area contributed by atoms with Crippen LogP contribution in [-0.4, -0.2) is 19.4 Å². The van der Waals surface area contributed by atoms with Crippen molar-refractivity contribution in [3.63, 3.8) is 0 Å². The second-order valence-electron chi connectivity index (χ2n) is 5.34. The predicted octanol–water partition coefficient (Wildman–Crippen LogP) is 2.71. The summed E-state index contributed by atoms with van der Waals surface area (Å²) in [5.74, 6) is -0.0540. The molecular formula is C15H24N2O2S2. The minimum absolute atomic E-state index is 0.0414. The first-order valence-corrected chi connectivity index (χ1v) is 9.29. The monoisotopic (exact) mass is 328 g/mol. The standard InChI is InChI=1S/C15H24N2O2S2/c1-3-4-5-7-12(2)17-21(18,19)11-13-8-6-9-14(10-13)15(16)20/h6,8-10,12,17H,3-5,7,11H2,1-2H3,(H2,16,20). The van der Waals surface area contributed by atoms with Gasteiger partial charge in [-0.15, -0.1) is 0 Å². The molecule has 1 aromatic carbocycles. The molecule has 0 aliphatic carbocycles. The van der Waals surface area contributed by atoms with Crippen molar-refractivity contribution < 1.29 is 8.42 Å². The van der Waals surface area contributed by atoms with Gasteiger partial charge < -0.3 is 5.73 Å². The van der Waals surface area contributed by atoms with Crippen molar-refractivity contribution in [3.8, 4) is 0 Å². The van der Waals surface area contributed by atoms with Crippen LogP contribution in [0, 0.1) is 0 Å². The van der Waals surface area contributed by atoms with Crippen molar-refractivity contribution in [2.24, 2.45) is 5.73 Å². The lowest BCUT2D eigenvalue weighted by atomic mass is 10.1. The van der Waals surface area contributed by atoms with Crippen LogP contribution in [0.2, 0.25) is 0 Å². The molecule has 0 saturated heterocycles. The number of rotatable bonds is 9. The SMILES string of the molecule is CCCCCC(C)NS(=O)(=O)Cc1cccc(C(N)=S)c1. The van der Waals surface area contributed by atoms with E-state index in [0.717, 1.165) is 25.7 Å². The van der Waals surface area contributed by atoms with Gasteiger partial charge in [0.1, 0.15) is 4.99 Å². The Morgan fingerprint density at radius 1 is 1.38 bits per heavy atom. The van der Waals surface area contributed by atoms with Crippen molar-refractivity contribution in [2.45, 2.75) is 51.3 Å². The van der Waals surface area contributed by atoms with E-state index < -0.39 is 10.0 Å². The van der Waals surface area contributed by atoms with Crippen LogP contribution in [0.3, 0.4) is 0 Å². The second kappa shape index (κ2) is 8.46. The zero-order valence-corrected chi connectivity index (χ0v) is 14.3. The third-order valence-corrected chi connectivity index (χ3v) is 4.90. The summed E-state index contributed by atoms with van der Waals surface area (Å²) in [4.78, 5) is 0.273. The molecule has 21 heavy (non-hydrogen) atoms. The van der Waals surface area contributed by atoms with Gasteiger partial charge in [-0.3, -0.25) is 0 Å². The summed E-state index contributed by atoms with van der Waals surface area (Å²) in [6.07, 6.45) is 4.16. The summed E-state index contributed by atoms with van der Waals surface area (Å²) in [7, 11) is -3.35. The smallest absolute Gasteiger partial charge is 0.216 e. The minimum atomic E-state index is -3.35. The number of thiocarbonyl (C=S) groups is 1. The quantitative estimate of drug-likeness (QED) is 0.540. The van der Waals surface area contributed by atoms with Gasteiger partial charge in [-0.25, -0.2) is 13.1 Å². The van der Waals surface area contributed by atoms with Crippen LogP contribution in [0.1, 0.15) is 50.7 Å². The number of sulfonamides is 1. The van der Waals surface area contributed by atoms with Crippen LogP contribution in [0.4, 0.5) is 0 Å². The first-order chi connectivity index (χ1) is 9.84. The van der Waals surface area contributed by atoms with Gasteiger partial charge in [-0.1, -0.05) is 56.6 Å². The normalized spacial score (nSPS) is 13.0. The third kappa shape index (κ3) is 7.02. The molecule has 0 heterocycles. The third-order valence-electron chi connectivity index (χ3n) is 3.19. The van der Waals surface area contributed by atoms with Crippen LogP contribution in [0.15, 0.2) is 24.3 Å². The highest BCUT2D eigenvalue weighted by molar-refractivity contribution is 7.88. The van der Waals surface area contributed by atoms with Crippen molar-refractivity contribution in [1.82, 2.24) is 4.72 Å². The number of benzene rings is 1. The molecule has 0 amide bonds. The van der Waals surface area contributed by atoms with Gasteiger partial charge in [0.25, 0.3) is 0 Å². The average Bonchev–Trinajstić information content (AvgIpc) is 2.38. The Morgan fingerprint density at radius 3 is 2.71 bits per heavy atom. The molecule has 118 valence electrons. The maximum absolute atomic E-state index is 12.1. The van der Waals surface area contributed by atoms with Crippen molar-refractivity contribution in [2.75, 3.05) is 0 Å². The molecular weight excluding hydrogens is 304 g/mol. The first kappa shape index (κ1) is 18.1. The first-order valence-electron chi connectivity index (χ1n) is 7.23. The van der Waals surface area contributed by atoms with Crippen LogP contribution < -0.4 is 10.5 Å². The molecule has 0 aromatic heterocycles. The number of nitrogens with two attached hydrogens (primary N) is 1. The molecule has 6 heteroatoms. The number of nitrogens with one attached hydrogen (secondary N) is 1. The average molecular weight is 329 g/mol. The Hall–Kier alpha value is -0.980. The molecule has 1 aromatic rings. The van der Waals surface area contributed by atoms with Gasteiger partial charge in [-0.2, -0.15) is 0 Å². The van der Waals surface area contributed by atoms with Crippen LogP contribution in [-0.2, 0) is 15.8 Å². The van der Waals surface area contributed by atoms with Gasteiger partial charge in [0.05, 0.1) is 5.75 Å². The maximum Gasteiger partial charge on any atom is 0.216 e. The summed E-state index contributed by atoms with van der Waals surface area (Å²) in [5, 5.41) is 0. The Bertz CT molecular complexity index is 571. The largest absolute Gasteiger partial charge is 0.389 e. The van der Waals surface area contributed by atoms with E-state index in [-0.39, 0.29) is 16.8 Å². The summed E-state index contributed by atoms with van der Waals surface area (Å²) in [6.45, 7) is 4.03. The molecule has 0 fully saturated rings. The fraction of sp³-hybridized carbons (Fsp3) is 0.533. The Kier molecular flexibility index (Phi) is 7.28. The van der Waals surface area contributed by atoms with Gasteiger partial charge in [0, 0.05) is 11.6 Å². The molecule has 0 bridgehead atoms. The summed E-state index contributed by atoms with van der Waals surface area (Å²) in [5.41, 5.74) is 6.94. The van der Waals surface area contributed by atoms with E-state index in [1.807, 2.05) is 6.92 Å². The molecule has 0 aliphatic heterocycles. The van der Waals surface area contributed by atoms with Gasteiger partial charge in [0.15, 0.2) is 0 Å². The van der Waals surface area contributed by atoms with E-state index in [9.17, 15) is 8.42 Å². The minimum Gasteiger partial charge on any atom is -0.389 e. The van der Waals surface area contributed by atoms with E-state index in [1.165, 1.54) is 0 Å². The number of hydrogen-bond acceptors (Lipinski definition) is 3. The number of hydrogen-bond donors (Lipinski definition) is 2. The lowest BCUT2D eigenvalue weighted by Crippen LogP contribution is -2.33. The Balaban J connectivity index is 2.63. The van der Waals surface area contributed by atoms with Gasteiger partial charge >= 0.3 is 0 Å². The molecule has 0 spiro atoms. The van der Waals surface area contributed by atoms with Crippen LogP contribution in [0.5, 0.6) is 0 Å². The van der Waals surface area contributed by atoms with Crippen LogP contribution in [0.25, 0.3) is 0 Å². The van der Waals surface area contributed by atoms with Gasteiger partial charge in [0.2, 0.25) is 10.0 Å². The Labute approximate surface area is 133 Å². The summed E-state index contributed by atoms with van der Waals surface area (Å²) in [6, 6.07) is 7.00.